The third-order valence-corrected chi connectivity index (χ3v) is 14.3. The van der Waals surface area contributed by atoms with E-state index >= 15 is 0 Å². The number of Topliss-reactive ketones (excluding diaryl/α,β-unsaturated/α-hetero) is 1. The van der Waals surface area contributed by atoms with Crippen molar-refractivity contribution >= 4 is 29.4 Å². The molecular weight excluding hydrogens is 873 g/mol. The lowest BCUT2D eigenvalue weighted by atomic mass is 9.78. The van der Waals surface area contributed by atoms with Crippen molar-refractivity contribution in [2.45, 2.75) is 181 Å². The molecule has 3 aliphatic rings. The summed E-state index contributed by atoms with van der Waals surface area (Å²) in [6.45, 7) is 20.8. The van der Waals surface area contributed by atoms with Crippen molar-refractivity contribution in [3.05, 3.63) is 30.5 Å². The molecule has 5 rings (SSSR count). The Balaban J connectivity index is 1.37. The first-order chi connectivity index (χ1) is 31.9. The summed E-state index contributed by atoms with van der Waals surface area (Å²) in [6, 6.07) is 6.20. The summed E-state index contributed by atoms with van der Waals surface area (Å²) >= 11 is 0. The van der Waals surface area contributed by atoms with Crippen molar-refractivity contribution in [1.82, 2.24) is 35.4 Å². The van der Waals surface area contributed by atoms with E-state index in [0.717, 1.165) is 12.0 Å². The first kappa shape index (κ1) is 54.7. The summed E-state index contributed by atoms with van der Waals surface area (Å²) in [5.41, 5.74) is 5.82. The molecule has 18 heteroatoms. The molecule has 0 radical (unpaired) electrons. The Kier molecular flexibility index (Phi) is 18.6. The predicted molar refractivity (Wildman–Crippen MR) is 258 cm³/mol. The molecule has 1 aromatic carbocycles. The fourth-order valence-corrected chi connectivity index (χ4v) is 10.3. The minimum absolute atomic E-state index is 0.00284. The molecule has 5 N–H and O–H groups in total. The SMILES string of the molecule is CC[C@H]1OC(=O)[C@H](C)C(=O)[C@H](C)[C@@H](O[C@@H]2O[C@H](CNC(=O)CCC(C)(C)C)CC(N(C)C)C2O)[C@](C)(OC)C[C@@H](C)CN[C@H](C)[C@H]2N(CCCCn3cc(-c4cccc(N)c4)nn3)C(=O)O[C@]12C. The summed E-state index contributed by atoms with van der Waals surface area (Å²) in [5.74, 6) is -3.53. The Morgan fingerprint density at radius 2 is 1.81 bits per heavy atom. The Morgan fingerprint density at radius 3 is 2.46 bits per heavy atom. The van der Waals surface area contributed by atoms with E-state index in [1.165, 1.54) is 6.92 Å². The van der Waals surface area contributed by atoms with Crippen LogP contribution >= 0.6 is 0 Å². The number of nitrogens with zero attached hydrogens (tertiary/aromatic N) is 5. The minimum atomic E-state index is -1.27. The number of aliphatic hydroxyl groups is 1. The summed E-state index contributed by atoms with van der Waals surface area (Å²) in [6.07, 6.45) is 0.239. The summed E-state index contributed by atoms with van der Waals surface area (Å²) in [7, 11) is 5.30. The maximum absolute atomic E-state index is 14.6. The van der Waals surface area contributed by atoms with Crippen molar-refractivity contribution in [1.29, 1.82) is 0 Å². The number of hydrogen-bond acceptors (Lipinski definition) is 15. The van der Waals surface area contributed by atoms with Gasteiger partial charge in [0.05, 0.1) is 30.0 Å². The van der Waals surface area contributed by atoms with Gasteiger partial charge in [-0.05, 0) is 110 Å². The molecule has 1 aromatic heterocycles. The Morgan fingerprint density at radius 1 is 1.10 bits per heavy atom. The van der Waals surface area contributed by atoms with Crippen LogP contribution in [0.1, 0.15) is 114 Å². The number of aliphatic hydroxyl groups excluding tert-OH is 1. The van der Waals surface area contributed by atoms with Crippen LogP contribution in [0.4, 0.5) is 10.5 Å². The molecule has 382 valence electrons. The summed E-state index contributed by atoms with van der Waals surface area (Å²) in [5, 5.41) is 27.1. The number of likely N-dealkylation sites (N-methyl/N-ethyl adjacent to an activating group) is 1. The molecule has 0 aliphatic carbocycles. The number of carbonyl (C=O) groups excluding carboxylic acids is 4. The molecule has 68 heavy (non-hydrogen) atoms. The molecule has 3 fully saturated rings. The van der Waals surface area contributed by atoms with Crippen LogP contribution in [-0.2, 0) is 44.6 Å². The number of fused-ring (bicyclic) bond motifs is 1. The number of nitrogens with two attached hydrogens (primary N) is 1. The van der Waals surface area contributed by atoms with Crippen molar-refractivity contribution < 1.29 is 48.0 Å². The number of aromatic nitrogens is 3. The van der Waals surface area contributed by atoms with Gasteiger partial charge in [0.25, 0.3) is 0 Å². The van der Waals surface area contributed by atoms with Crippen molar-refractivity contribution in [3.63, 3.8) is 0 Å². The standard InChI is InChI=1S/C50H82N8O10/c1-14-39-50(10)43(58(47(63)68-50)23-16-15-22-57-29-37(54-55-57)34-18-17-19-35(51)24-34)33(5)52-27-30(2)26-49(9,64-13)44(31(3)41(60)32(4)45(62)66-39)67-46-42(61)38(56(11)12)25-36(65-46)28-53-40(59)20-21-48(6,7)8/h17-19,24,29-33,36,38-39,42-44,46,52,61H,14-16,20-23,25-28,51H2,1-13H3,(H,53,59)/t30-,31+,32-,33-,36+,38?,39-,42?,43-,44-,46+,49-,50-/m1/s1. The number of ether oxygens (including phenoxy) is 5. The molecule has 0 spiro atoms. The molecule has 4 heterocycles. The molecule has 0 bridgehead atoms. The van der Waals surface area contributed by atoms with Gasteiger partial charge >= 0.3 is 12.1 Å². The number of amides is 2. The molecule has 2 unspecified atom stereocenters. The molecule has 3 aliphatic heterocycles. The van der Waals surface area contributed by atoms with Crippen LogP contribution < -0.4 is 16.4 Å². The number of nitrogen functional groups attached to an aromatic ring is 1. The second-order valence-electron chi connectivity index (χ2n) is 21.5. The first-order valence-corrected chi connectivity index (χ1v) is 24.6. The molecule has 0 saturated carbocycles. The molecule has 13 atom stereocenters. The maximum atomic E-state index is 14.6. The van der Waals surface area contributed by atoms with Gasteiger partial charge in [-0.1, -0.05) is 58.9 Å². The summed E-state index contributed by atoms with van der Waals surface area (Å²) in [4.78, 5) is 59.3. The van der Waals surface area contributed by atoms with Gasteiger partial charge in [0, 0.05) is 62.4 Å². The highest BCUT2D eigenvalue weighted by molar-refractivity contribution is 6.00. The van der Waals surface area contributed by atoms with Gasteiger partial charge in [0.2, 0.25) is 5.91 Å². The molecule has 2 aromatic rings. The van der Waals surface area contributed by atoms with Gasteiger partial charge in [0.15, 0.2) is 17.7 Å². The molecule has 3 saturated heterocycles. The van der Waals surface area contributed by atoms with E-state index in [1.807, 2.05) is 77.2 Å². The average Bonchev–Trinajstić information content (AvgIpc) is 3.86. The van der Waals surface area contributed by atoms with Crippen LogP contribution in [0, 0.1) is 23.2 Å². The number of benzene rings is 1. The van der Waals surface area contributed by atoms with Crippen LogP contribution in [0.25, 0.3) is 11.3 Å². The zero-order valence-electron chi connectivity index (χ0n) is 43.0. The average molecular weight is 955 g/mol. The van der Waals surface area contributed by atoms with E-state index in [4.69, 9.17) is 29.4 Å². The molecule has 2 amide bonds. The largest absolute Gasteiger partial charge is 0.458 e. The highest BCUT2D eigenvalue weighted by Crippen LogP contribution is 2.40. The van der Waals surface area contributed by atoms with E-state index in [2.05, 4.69) is 48.6 Å². The number of cyclic esters (lactones) is 1. The van der Waals surface area contributed by atoms with Crippen LogP contribution in [0.2, 0.25) is 0 Å². The third-order valence-electron chi connectivity index (χ3n) is 14.3. The van der Waals surface area contributed by atoms with Crippen LogP contribution in [0.3, 0.4) is 0 Å². The van der Waals surface area contributed by atoms with Gasteiger partial charge in [0.1, 0.15) is 23.8 Å². The quantitative estimate of drug-likeness (QED) is 0.0780. The van der Waals surface area contributed by atoms with E-state index in [1.54, 1.807) is 23.6 Å². The monoisotopic (exact) mass is 955 g/mol. The zero-order valence-corrected chi connectivity index (χ0v) is 43.0. The highest BCUT2D eigenvalue weighted by Gasteiger charge is 2.59. The van der Waals surface area contributed by atoms with Crippen molar-refractivity contribution in [2.24, 2.45) is 23.2 Å². The number of methoxy groups -OCH3 is 1. The number of esters is 1. The summed E-state index contributed by atoms with van der Waals surface area (Å²) < 4.78 is 33.9. The lowest BCUT2D eigenvalue weighted by Gasteiger charge is -2.47. The number of unbranched alkanes of at least 4 members (excludes halogenated alkanes) is 1. The van der Waals surface area contributed by atoms with E-state index in [-0.39, 0.29) is 29.8 Å². The predicted octanol–water partition coefficient (Wildman–Crippen LogP) is 5.21. The lowest BCUT2D eigenvalue weighted by Crippen LogP contribution is -2.61. The van der Waals surface area contributed by atoms with E-state index in [9.17, 15) is 24.3 Å². The number of carbonyl (C=O) groups is 4. The number of hydrogen-bond donors (Lipinski definition) is 4. The molecular formula is C50H82N8O10. The second kappa shape index (κ2) is 23.1. The number of aryl methyl sites for hydroxylation is 1. The maximum Gasteiger partial charge on any atom is 0.410 e. The Hall–Kier alpha value is -4.20. The van der Waals surface area contributed by atoms with Gasteiger partial charge in [-0.15, -0.1) is 5.10 Å². The highest BCUT2D eigenvalue weighted by atomic mass is 16.7. The minimum Gasteiger partial charge on any atom is -0.458 e. The topological polar surface area (TPSA) is 222 Å². The Labute approximate surface area is 404 Å². The van der Waals surface area contributed by atoms with Gasteiger partial charge < -0.3 is 50.1 Å². The van der Waals surface area contributed by atoms with Crippen molar-refractivity contribution in [3.8, 4) is 11.3 Å². The third kappa shape index (κ3) is 13.4. The van der Waals surface area contributed by atoms with Gasteiger partial charge in [-0.3, -0.25) is 24.0 Å². The van der Waals surface area contributed by atoms with E-state index < -0.39 is 83.7 Å². The van der Waals surface area contributed by atoms with Crippen LogP contribution in [-0.4, -0.2) is 155 Å². The van der Waals surface area contributed by atoms with Crippen molar-refractivity contribution in [2.75, 3.05) is 46.6 Å². The Bertz CT molecular complexity index is 2010. The van der Waals surface area contributed by atoms with E-state index in [0.29, 0.717) is 69.5 Å². The first-order valence-electron chi connectivity index (χ1n) is 24.6. The zero-order chi connectivity index (χ0) is 50.3. The second-order valence-corrected chi connectivity index (χ2v) is 21.5. The van der Waals surface area contributed by atoms with Crippen LogP contribution in [0.15, 0.2) is 30.5 Å². The fraction of sp³-hybridized carbons (Fsp3) is 0.760. The normalized spacial score (nSPS) is 33.4. The number of anilines is 1. The lowest BCUT2D eigenvalue weighted by molar-refractivity contribution is -0.296. The smallest absolute Gasteiger partial charge is 0.410 e. The number of nitrogens with one attached hydrogen (secondary N) is 2. The van der Waals surface area contributed by atoms with Gasteiger partial charge in [-0.25, -0.2) is 4.79 Å². The number of rotatable bonds is 15. The molecule has 18 nitrogen and oxygen atoms in total. The fourth-order valence-electron chi connectivity index (χ4n) is 10.3. The number of ketones is 1. The van der Waals surface area contributed by atoms with Gasteiger partial charge in [-0.2, -0.15) is 0 Å². The van der Waals surface area contributed by atoms with Crippen LogP contribution in [0.5, 0.6) is 0 Å².